The van der Waals surface area contributed by atoms with Crippen molar-refractivity contribution in [3.8, 4) is 11.3 Å². The summed E-state index contributed by atoms with van der Waals surface area (Å²) in [4.78, 5) is 15.0. The van der Waals surface area contributed by atoms with Crippen LogP contribution in [0.1, 0.15) is 0 Å². The molecule has 0 saturated carbocycles. The third-order valence-corrected chi connectivity index (χ3v) is 2.89. The molecule has 3 rings (SSSR count). The van der Waals surface area contributed by atoms with Gasteiger partial charge in [0, 0.05) is 11.8 Å². The summed E-state index contributed by atoms with van der Waals surface area (Å²) in [6.45, 7) is 0. The van der Waals surface area contributed by atoms with Gasteiger partial charge in [-0.25, -0.2) is 4.39 Å². The number of fused-ring (bicyclic) bond motifs is 1. The Kier molecular flexibility index (Phi) is 2.45. The van der Waals surface area contributed by atoms with Gasteiger partial charge >= 0.3 is 0 Å². The quantitative estimate of drug-likeness (QED) is 0.694. The van der Waals surface area contributed by atoms with Crippen LogP contribution in [0.25, 0.3) is 22.2 Å². The van der Waals surface area contributed by atoms with E-state index in [2.05, 4.69) is 4.98 Å². The van der Waals surface area contributed by atoms with Gasteiger partial charge in [-0.1, -0.05) is 36.4 Å². The highest BCUT2D eigenvalue weighted by Crippen LogP contribution is 2.19. The van der Waals surface area contributed by atoms with Gasteiger partial charge in [-0.15, -0.1) is 0 Å². The van der Waals surface area contributed by atoms with Crippen LogP contribution in [0.2, 0.25) is 0 Å². The summed E-state index contributed by atoms with van der Waals surface area (Å²) in [7, 11) is 0. The van der Waals surface area contributed by atoms with Gasteiger partial charge < -0.3 is 4.98 Å². The number of aromatic amines is 1. The maximum Gasteiger partial charge on any atom is 0.192 e. The number of pyridine rings is 1. The lowest BCUT2D eigenvalue weighted by molar-refractivity contribution is 0.639. The first-order valence-electron chi connectivity index (χ1n) is 5.63. The minimum atomic E-state index is -0.492. The van der Waals surface area contributed by atoms with E-state index >= 15 is 0 Å². The Bertz CT molecular complexity index is 762. The van der Waals surface area contributed by atoms with Crippen LogP contribution in [0.4, 0.5) is 4.39 Å². The fraction of sp³-hybridized carbons (Fsp3) is 0. The lowest BCUT2D eigenvalue weighted by atomic mass is 10.1. The van der Waals surface area contributed by atoms with Crippen molar-refractivity contribution in [2.75, 3.05) is 0 Å². The van der Waals surface area contributed by atoms with Crippen LogP contribution in [-0.2, 0) is 0 Å². The summed E-state index contributed by atoms with van der Waals surface area (Å²) < 4.78 is 13.6. The van der Waals surface area contributed by atoms with E-state index in [1.54, 1.807) is 12.1 Å². The van der Waals surface area contributed by atoms with Crippen LogP contribution in [0, 0.1) is 5.82 Å². The number of halogens is 1. The molecule has 0 aliphatic rings. The zero-order valence-corrected chi connectivity index (χ0v) is 9.48. The summed E-state index contributed by atoms with van der Waals surface area (Å²) in [5, 5.41) is 0.109. The fourth-order valence-corrected chi connectivity index (χ4v) is 2.04. The molecule has 0 atom stereocenters. The number of hydrogen-bond donors (Lipinski definition) is 1. The first kappa shape index (κ1) is 10.7. The van der Waals surface area contributed by atoms with E-state index in [9.17, 15) is 9.18 Å². The van der Waals surface area contributed by atoms with Crippen molar-refractivity contribution in [2.24, 2.45) is 0 Å². The highest BCUT2D eigenvalue weighted by molar-refractivity contribution is 5.81. The second kappa shape index (κ2) is 4.11. The van der Waals surface area contributed by atoms with Crippen molar-refractivity contribution in [3.63, 3.8) is 0 Å². The predicted molar refractivity (Wildman–Crippen MR) is 70.0 cm³/mol. The Morgan fingerprint density at radius 3 is 2.50 bits per heavy atom. The van der Waals surface area contributed by atoms with Gasteiger partial charge in [0.1, 0.15) is 5.82 Å². The van der Waals surface area contributed by atoms with Crippen molar-refractivity contribution in [1.29, 1.82) is 0 Å². The van der Waals surface area contributed by atoms with Gasteiger partial charge in [-0.3, -0.25) is 4.79 Å². The standard InChI is InChI=1S/C15H10FNO/c16-11-7-4-8-12-15(11)14(18)9-13(17-12)10-5-2-1-3-6-10/h1-9H,(H,17,18). The van der Waals surface area contributed by atoms with E-state index in [1.165, 1.54) is 12.1 Å². The van der Waals surface area contributed by atoms with Gasteiger partial charge in [-0.05, 0) is 17.7 Å². The van der Waals surface area contributed by atoms with Crippen molar-refractivity contribution in [2.45, 2.75) is 0 Å². The molecule has 3 heteroatoms. The molecule has 18 heavy (non-hydrogen) atoms. The molecule has 0 spiro atoms. The SMILES string of the molecule is O=c1cc(-c2ccccc2)[nH]c2cccc(F)c12. The molecule has 0 fully saturated rings. The van der Waals surface area contributed by atoms with E-state index < -0.39 is 5.82 Å². The maximum absolute atomic E-state index is 13.6. The molecule has 1 heterocycles. The largest absolute Gasteiger partial charge is 0.354 e. The molecule has 1 N–H and O–H groups in total. The maximum atomic E-state index is 13.6. The summed E-state index contributed by atoms with van der Waals surface area (Å²) in [5.41, 5.74) is 1.81. The third-order valence-electron chi connectivity index (χ3n) is 2.89. The van der Waals surface area contributed by atoms with E-state index in [-0.39, 0.29) is 10.8 Å². The topological polar surface area (TPSA) is 32.9 Å². The minimum absolute atomic E-state index is 0.109. The van der Waals surface area contributed by atoms with Crippen LogP contribution in [0.3, 0.4) is 0 Å². The van der Waals surface area contributed by atoms with Gasteiger partial charge in [0.2, 0.25) is 0 Å². The molecule has 2 nitrogen and oxygen atoms in total. The summed E-state index contributed by atoms with van der Waals surface area (Å²) >= 11 is 0. The minimum Gasteiger partial charge on any atom is -0.354 e. The second-order valence-corrected chi connectivity index (χ2v) is 4.08. The van der Waals surface area contributed by atoms with Crippen LogP contribution >= 0.6 is 0 Å². The first-order valence-corrected chi connectivity index (χ1v) is 5.63. The molecule has 0 aliphatic heterocycles. The number of hydrogen-bond acceptors (Lipinski definition) is 1. The van der Waals surface area contributed by atoms with Gasteiger partial charge in [0.05, 0.1) is 10.9 Å². The van der Waals surface area contributed by atoms with E-state index in [0.717, 1.165) is 5.56 Å². The highest BCUT2D eigenvalue weighted by Gasteiger charge is 2.07. The Morgan fingerprint density at radius 2 is 1.72 bits per heavy atom. The number of aromatic nitrogens is 1. The normalized spacial score (nSPS) is 10.7. The molecule has 0 saturated heterocycles. The van der Waals surface area contributed by atoms with Crippen LogP contribution in [-0.4, -0.2) is 4.98 Å². The summed E-state index contributed by atoms with van der Waals surface area (Å²) in [5.74, 6) is -0.492. The van der Waals surface area contributed by atoms with Crippen molar-refractivity contribution >= 4 is 10.9 Å². The average molecular weight is 239 g/mol. The van der Waals surface area contributed by atoms with E-state index in [0.29, 0.717) is 11.2 Å². The highest BCUT2D eigenvalue weighted by atomic mass is 19.1. The number of rotatable bonds is 1. The number of H-pyrrole nitrogens is 1. The van der Waals surface area contributed by atoms with Crippen LogP contribution < -0.4 is 5.43 Å². The lowest BCUT2D eigenvalue weighted by Gasteiger charge is -2.04. The molecule has 0 amide bonds. The molecule has 0 unspecified atom stereocenters. The molecular formula is C15H10FNO. The zero-order valence-electron chi connectivity index (χ0n) is 9.48. The number of nitrogens with one attached hydrogen (secondary N) is 1. The molecule has 0 radical (unpaired) electrons. The Balaban J connectivity index is 2.33. The van der Waals surface area contributed by atoms with Crippen LogP contribution in [0.15, 0.2) is 59.4 Å². The van der Waals surface area contributed by atoms with E-state index in [1.807, 2.05) is 30.3 Å². The Labute approximate surface area is 103 Å². The smallest absolute Gasteiger partial charge is 0.192 e. The first-order chi connectivity index (χ1) is 8.75. The predicted octanol–water partition coefficient (Wildman–Crippen LogP) is 3.33. The van der Waals surface area contributed by atoms with Crippen molar-refractivity contribution in [1.82, 2.24) is 4.98 Å². The van der Waals surface area contributed by atoms with Crippen molar-refractivity contribution < 1.29 is 4.39 Å². The second-order valence-electron chi connectivity index (χ2n) is 4.08. The zero-order chi connectivity index (χ0) is 12.5. The Hall–Kier alpha value is -2.42. The van der Waals surface area contributed by atoms with Gasteiger partial charge in [0.25, 0.3) is 0 Å². The lowest BCUT2D eigenvalue weighted by Crippen LogP contribution is -2.04. The van der Waals surface area contributed by atoms with E-state index in [4.69, 9.17) is 0 Å². The number of benzene rings is 2. The third kappa shape index (κ3) is 1.70. The molecular weight excluding hydrogens is 229 g/mol. The fourth-order valence-electron chi connectivity index (χ4n) is 2.04. The summed E-state index contributed by atoms with van der Waals surface area (Å²) in [6, 6.07) is 15.5. The van der Waals surface area contributed by atoms with Crippen molar-refractivity contribution in [3.05, 3.63) is 70.6 Å². The summed E-state index contributed by atoms with van der Waals surface area (Å²) in [6.07, 6.45) is 0. The molecule has 0 bridgehead atoms. The molecule has 3 aromatic rings. The van der Waals surface area contributed by atoms with Gasteiger partial charge in [0.15, 0.2) is 5.43 Å². The molecule has 88 valence electrons. The molecule has 2 aromatic carbocycles. The average Bonchev–Trinajstić information content (AvgIpc) is 2.39. The Morgan fingerprint density at radius 1 is 0.944 bits per heavy atom. The molecule has 1 aromatic heterocycles. The molecule has 0 aliphatic carbocycles. The monoisotopic (exact) mass is 239 g/mol. The van der Waals surface area contributed by atoms with Crippen LogP contribution in [0.5, 0.6) is 0 Å². The van der Waals surface area contributed by atoms with Gasteiger partial charge in [-0.2, -0.15) is 0 Å².